The molecule has 182 valence electrons. The predicted octanol–water partition coefficient (Wildman–Crippen LogP) is 5.12. The fourth-order valence-electron chi connectivity index (χ4n) is 5.14. The Hall–Kier alpha value is -3.04. The average molecular weight is 522 g/mol. The topological polar surface area (TPSA) is 63.7 Å². The lowest BCUT2D eigenvalue weighted by Gasteiger charge is -2.51. The van der Waals surface area contributed by atoms with Crippen LogP contribution in [-0.4, -0.2) is 38.4 Å². The maximum atomic E-state index is 15.4. The van der Waals surface area contributed by atoms with Gasteiger partial charge in [0.25, 0.3) is 5.91 Å². The first-order valence-corrected chi connectivity index (χ1v) is 12.7. The molecule has 3 aromatic carbocycles. The number of rotatable bonds is 3. The van der Waals surface area contributed by atoms with Crippen molar-refractivity contribution < 1.29 is 31.1 Å². The first-order valence-electron chi connectivity index (χ1n) is 10.9. The van der Waals surface area contributed by atoms with Crippen LogP contribution in [0, 0.1) is 17.5 Å². The van der Waals surface area contributed by atoms with Gasteiger partial charge < -0.3 is 9.64 Å². The van der Waals surface area contributed by atoms with E-state index >= 15 is 4.39 Å². The quantitative estimate of drug-likeness (QED) is 0.480. The van der Waals surface area contributed by atoms with Crippen LogP contribution in [0.3, 0.4) is 0 Å². The fraction of sp³-hybridized carbons (Fsp3) is 0.240. The number of sulfone groups is 1. The summed E-state index contributed by atoms with van der Waals surface area (Å²) in [6, 6.07) is 11.1. The Morgan fingerprint density at radius 1 is 0.971 bits per heavy atom. The van der Waals surface area contributed by atoms with Gasteiger partial charge in [-0.15, -0.1) is 0 Å². The van der Waals surface area contributed by atoms with Gasteiger partial charge >= 0.3 is 0 Å². The molecule has 0 unspecified atom stereocenters. The number of fused-ring (bicyclic) bond motifs is 3. The first kappa shape index (κ1) is 23.7. The summed E-state index contributed by atoms with van der Waals surface area (Å²) in [6.45, 7) is -0.328. The Kier molecular flexibility index (Phi) is 5.80. The molecule has 10 heteroatoms. The van der Waals surface area contributed by atoms with Crippen molar-refractivity contribution in [1.29, 1.82) is 0 Å². The summed E-state index contributed by atoms with van der Waals surface area (Å²) >= 11 is 5.94. The normalized spacial score (nSPS) is 21.6. The summed E-state index contributed by atoms with van der Waals surface area (Å²) in [7, 11) is -4.44. The lowest BCUT2D eigenvalue weighted by Crippen LogP contribution is -2.64. The van der Waals surface area contributed by atoms with Crippen LogP contribution in [0.2, 0.25) is 5.02 Å². The van der Waals surface area contributed by atoms with Gasteiger partial charge in [-0.1, -0.05) is 23.7 Å². The van der Waals surface area contributed by atoms with E-state index < -0.39 is 61.9 Å². The zero-order valence-corrected chi connectivity index (χ0v) is 19.8. The summed E-state index contributed by atoms with van der Waals surface area (Å²) in [5.74, 6) is -3.91. The Morgan fingerprint density at radius 3 is 2.37 bits per heavy atom. The molecule has 1 amide bonds. The monoisotopic (exact) mass is 521 g/mol. The van der Waals surface area contributed by atoms with Gasteiger partial charge in [0.05, 0.1) is 22.1 Å². The Morgan fingerprint density at radius 2 is 1.66 bits per heavy atom. The molecule has 0 spiro atoms. The zero-order chi connectivity index (χ0) is 25.0. The molecule has 2 aliphatic heterocycles. The minimum atomic E-state index is -4.44. The van der Waals surface area contributed by atoms with Crippen LogP contribution in [0.5, 0.6) is 5.75 Å². The molecule has 5 rings (SSSR count). The van der Waals surface area contributed by atoms with Crippen molar-refractivity contribution in [2.45, 2.75) is 28.5 Å². The zero-order valence-electron chi connectivity index (χ0n) is 18.2. The van der Waals surface area contributed by atoms with Crippen LogP contribution in [-0.2, 0) is 14.6 Å². The van der Waals surface area contributed by atoms with Crippen LogP contribution < -0.4 is 4.74 Å². The molecule has 0 aliphatic carbocycles. The lowest BCUT2D eigenvalue weighted by molar-refractivity contribution is 0.0315. The standard InChI is InChI=1S/C25H19ClF3NO4S/c26-15-6-8-16(9-7-15)35(32,33)25-12-3-13-30(24(31)17-4-1-2-5-18(17)27)21(25)14-34-23-20(29)11-10-19(28)22(23)25/h1-2,4-11,21H,3,12-14H2/t21-,25+/m0/s1. The third-order valence-electron chi connectivity index (χ3n) is 6.70. The predicted molar refractivity (Wildman–Crippen MR) is 123 cm³/mol. The molecule has 0 radical (unpaired) electrons. The second-order valence-corrected chi connectivity index (χ2v) is 11.1. The summed E-state index contributed by atoms with van der Waals surface area (Å²) in [6.07, 6.45) is 0.0549. The number of carbonyl (C=O) groups excluding carboxylic acids is 1. The van der Waals surface area contributed by atoms with E-state index in [0.717, 1.165) is 18.2 Å². The third kappa shape index (κ3) is 3.51. The molecule has 3 aromatic rings. The largest absolute Gasteiger partial charge is 0.488 e. The summed E-state index contributed by atoms with van der Waals surface area (Å²) < 4.78 is 76.6. The Bertz CT molecular complexity index is 1430. The number of likely N-dealkylation sites (tertiary alicyclic amines) is 1. The number of piperidine rings is 1. The molecule has 2 heterocycles. The van der Waals surface area contributed by atoms with Gasteiger partial charge in [0.15, 0.2) is 21.4 Å². The van der Waals surface area contributed by atoms with Crippen LogP contribution in [0.25, 0.3) is 0 Å². The molecule has 35 heavy (non-hydrogen) atoms. The second kappa shape index (κ2) is 8.57. The molecule has 0 saturated carbocycles. The van der Waals surface area contributed by atoms with Crippen LogP contribution in [0.15, 0.2) is 65.6 Å². The van der Waals surface area contributed by atoms with Crippen molar-refractivity contribution in [3.05, 3.63) is 94.3 Å². The highest BCUT2D eigenvalue weighted by Crippen LogP contribution is 2.53. The number of nitrogens with zero attached hydrogens (tertiary/aromatic N) is 1. The summed E-state index contributed by atoms with van der Waals surface area (Å²) in [5, 5.41) is 0.294. The number of amides is 1. The van der Waals surface area contributed by atoms with Crippen molar-refractivity contribution in [2.24, 2.45) is 0 Å². The molecule has 5 nitrogen and oxygen atoms in total. The smallest absolute Gasteiger partial charge is 0.257 e. The Labute approximate surface area is 205 Å². The average Bonchev–Trinajstić information content (AvgIpc) is 2.85. The lowest BCUT2D eigenvalue weighted by atomic mass is 9.80. The highest BCUT2D eigenvalue weighted by Gasteiger charge is 2.61. The molecule has 0 bridgehead atoms. The third-order valence-corrected chi connectivity index (χ3v) is 9.48. The molecule has 0 N–H and O–H groups in total. The second-order valence-electron chi connectivity index (χ2n) is 8.49. The maximum Gasteiger partial charge on any atom is 0.257 e. The van der Waals surface area contributed by atoms with E-state index in [4.69, 9.17) is 16.3 Å². The van der Waals surface area contributed by atoms with Crippen molar-refractivity contribution in [3.63, 3.8) is 0 Å². The van der Waals surface area contributed by atoms with Crippen molar-refractivity contribution in [1.82, 2.24) is 4.90 Å². The fourth-order valence-corrected chi connectivity index (χ4v) is 7.60. The number of halogens is 4. The highest BCUT2D eigenvalue weighted by molar-refractivity contribution is 7.92. The minimum absolute atomic E-state index is 0.0886. The number of hydrogen-bond acceptors (Lipinski definition) is 4. The highest BCUT2D eigenvalue weighted by atomic mass is 35.5. The number of carbonyl (C=O) groups is 1. The van der Waals surface area contributed by atoms with Gasteiger partial charge in [-0.3, -0.25) is 4.79 Å². The summed E-state index contributed by atoms with van der Waals surface area (Å²) in [4.78, 5) is 14.5. The van der Waals surface area contributed by atoms with E-state index in [-0.39, 0.29) is 29.8 Å². The number of benzene rings is 3. The minimum Gasteiger partial charge on any atom is -0.488 e. The molecule has 1 saturated heterocycles. The van der Waals surface area contributed by atoms with Gasteiger partial charge in [0.2, 0.25) is 0 Å². The van der Waals surface area contributed by atoms with Crippen LogP contribution >= 0.6 is 11.6 Å². The Balaban J connectivity index is 1.76. The van der Waals surface area contributed by atoms with Crippen molar-refractivity contribution in [2.75, 3.05) is 13.2 Å². The van der Waals surface area contributed by atoms with E-state index in [9.17, 15) is 22.0 Å². The first-order chi connectivity index (χ1) is 16.7. The molecule has 2 aliphatic rings. The maximum absolute atomic E-state index is 15.4. The van der Waals surface area contributed by atoms with E-state index in [1.54, 1.807) is 0 Å². The molecular formula is C25H19ClF3NO4S. The van der Waals surface area contributed by atoms with E-state index in [1.165, 1.54) is 47.4 Å². The van der Waals surface area contributed by atoms with E-state index in [2.05, 4.69) is 0 Å². The van der Waals surface area contributed by atoms with Gasteiger partial charge in [-0.2, -0.15) is 0 Å². The molecule has 1 fully saturated rings. The van der Waals surface area contributed by atoms with E-state index in [0.29, 0.717) is 5.02 Å². The summed E-state index contributed by atoms with van der Waals surface area (Å²) in [5.41, 5.74) is -0.715. The van der Waals surface area contributed by atoms with Gasteiger partial charge in [-0.25, -0.2) is 21.6 Å². The molecular weight excluding hydrogens is 503 g/mol. The SMILES string of the molecule is O=C(c1ccccc1F)N1CCC[C@]2(S(=O)(=O)c3ccc(Cl)cc3)c3c(F)ccc(F)c3OC[C@H]12. The van der Waals surface area contributed by atoms with Crippen molar-refractivity contribution >= 4 is 27.3 Å². The van der Waals surface area contributed by atoms with Crippen molar-refractivity contribution in [3.8, 4) is 5.75 Å². The number of ether oxygens (including phenoxy) is 1. The van der Waals surface area contributed by atoms with Crippen LogP contribution in [0.1, 0.15) is 28.8 Å². The van der Waals surface area contributed by atoms with Gasteiger partial charge in [0, 0.05) is 11.6 Å². The molecule has 0 aromatic heterocycles. The number of hydrogen-bond donors (Lipinski definition) is 0. The van der Waals surface area contributed by atoms with E-state index in [1.807, 2.05) is 0 Å². The van der Waals surface area contributed by atoms with Gasteiger partial charge in [0.1, 0.15) is 23.0 Å². The van der Waals surface area contributed by atoms with Gasteiger partial charge in [-0.05, 0) is 61.4 Å². The van der Waals surface area contributed by atoms with Crippen LogP contribution in [0.4, 0.5) is 13.2 Å². The molecule has 2 atom stereocenters.